The van der Waals surface area contributed by atoms with E-state index in [1.54, 1.807) is 24.3 Å². The number of aromatic carboxylic acids is 1. The molecule has 0 radical (unpaired) electrons. The number of ether oxygens (including phenoxy) is 1. The van der Waals surface area contributed by atoms with Crippen molar-refractivity contribution in [3.8, 4) is 0 Å². The average molecular weight is 677 g/mol. The highest BCUT2D eigenvalue weighted by Crippen LogP contribution is 2.31. The van der Waals surface area contributed by atoms with E-state index in [2.05, 4.69) is 25.3 Å². The van der Waals surface area contributed by atoms with Gasteiger partial charge in [-0.05, 0) is 60.7 Å². The molecule has 0 bridgehead atoms. The fraction of sp³-hybridized carbons (Fsp3) is 0.0323. The number of aromatic nitrogens is 2. The number of nitrogens with two attached hydrogens (primary N) is 2. The van der Waals surface area contributed by atoms with Gasteiger partial charge >= 0.3 is 11.9 Å². The number of nitrogens with one attached hydrogen (secondary N) is 2. The highest BCUT2D eigenvalue weighted by atomic mass is 35.5. The highest BCUT2D eigenvalue weighted by molar-refractivity contribution is 6.30. The Morgan fingerprint density at radius 2 is 1.17 bits per heavy atom. The molecule has 0 aliphatic rings. The summed E-state index contributed by atoms with van der Waals surface area (Å²) in [7, 11) is 1.28. The van der Waals surface area contributed by atoms with Crippen molar-refractivity contribution in [3.63, 3.8) is 0 Å². The molecule has 7 N–H and O–H groups in total. The normalized spacial score (nSPS) is 10.6. The molecule has 0 spiro atoms. The number of esters is 1. The predicted molar refractivity (Wildman–Crippen MR) is 174 cm³/mol. The number of methoxy groups -OCH3 is 1. The van der Waals surface area contributed by atoms with Crippen molar-refractivity contribution in [2.24, 2.45) is 0 Å². The first-order valence-electron chi connectivity index (χ1n) is 13.3. The summed E-state index contributed by atoms with van der Waals surface area (Å²) in [5.41, 5.74) is 13.1. The van der Waals surface area contributed by atoms with Gasteiger partial charge in [0.2, 0.25) is 11.5 Å². The standard InChI is InChI=1S/C16H12ClN3O4.C15H10ClN3O4/c1-23-16(22)8-2-4-11-10(6-8)13(18)14(24-11)15(21)20-12-5-3-9(17)7-19-12;16-8-2-4-11(18-6-8)19-14(20)13-12(17)9-5-7(15(21)22)1-3-10(9)23-13/h2-7H,18H2,1H3,(H,19,20,21);1-6H,17H2,(H,21,22)(H,18,19,20). The lowest BCUT2D eigenvalue weighted by molar-refractivity contribution is 0.0599. The molecule has 14 nitrogen and oxygen atoms in total. The quantitative estimate of drug-likeness (QED) is 0.126. The minimum Gasteiger partial charge on any atom is -0.478 e. The summed E-state index contributed by atoms with van der Waals surface area (Å²) in [6, 6.07) is 15.0. The Bertz CT molecular complexity index is 2160. The van der Waals surface area contributed by atoms with Crippen LogP contribution in [0.1, 0.15) is 41.8 Å². The maximum Gasteiger partial charge on any atom is 0.337 e. The second kappa shape index (κ2) is 13.5. The molecular weight excluding hydrogens is 655 g/mol. The molecule has 6 aromatic rings. The van der Waals surface area contributed by atoms with E-state index in [9.17, 15) is 19.2 Å². The van der Waals surface area contributed by atoms with Gasteiger partial charge in [0.15, 0.2) is 0 Å². The molecule has 0 atom stereocenters. The highest BCUT2D eigenvalue weighted by Gasteiger charge is 2.22. The lowest BCUT2D eigenvalue weighted by Gasteiger charge is -2.02. The zero-order valence-electron chi connectivity index (χ0n) is 24.0. The number of carboxylic acid groups (broad SMARTS) is 1. The molecule has 2 aromatic carbocycles. The van der Waals surface area contributed by atoms with Gasteiger partial charge in [0.05, 0.1) is 39.7 Å². The number of nitrogen functional groups attached to an aromatic ring is 2. The van der Waals surface area contributed by atoms with E-state index in [1.165, 1.54) is 55.9 Å². The van der Waals surface area contributed by atoms with Crippen LogP contribution in [0, 0.1) is 0 Å². The summed E-state index contributed by atoms with van der Waals surface area (Å²) in [5.74, 6) is -2.34. The zero-order valence-corrected chi connectivity index (χ0v) is 25.6. The monoisotopic (exact) mass is 676 g/mol. The minimum absolute atomic E-state index is 0.0522. The maximum atomic E-state index is 12.3. The van der Waals surface area contributed by atoms with Crippen LogP contribution < -0.4 is 22.1 Å². The van der Waals surface area contributed by atoms with Gasteiger partial charge in [0, 0.05) is 23.2 Å². The smallest absolute Gasteiger partial charge is 0.337 e. The molecule has 0 aliphatic carbocycles. The summed E-state index contributed by atoms with van der Waals surface area (Å²) in [4.78, 5) is 55.0. The zero-order chi connectivity index (χ0) is 33.8. The molecule has 0 unspecified atom stereocenters. The number of carboxylic acids is 1. The van der Waals surface area contributed by atoms with E-state index >= 15 is 0 Å². The first-order chi connectivity index (χ1) is 22.4. The molecule has 4 heterocycles. The Hall–Kier alpha value is -6.12. The first-order valence-corrected chi connectivity index (χ1v) is 14.0. The van der Waals surface area contributed by atoms with E-state index in [1.807, 2.05) is 0 Å². The van der Waals surface area contributed by atoms with Gasteiger partial charge in [0.25, 0.3) is 11.8 Å². The van der Waals surface area contributed by atoms with Gasteiger partial charge in [-0.15, -0.1) is 0 Å². The number of halogens is 2. The fourth-order valence-corrected chi connectivity index (χ4v) is 4.42. The number of fused-ring (bicyclic) bond motifs is 2. The molecule has 238 valence electrons. The Morgan fingerprint density at radius 3 is 1.57 bits per heavy atom. The van der Waals surface area contributed by atoms with Crippen molar-refractivity contribution >= 4 is 91.9 Å². The largest absolute Gasteiger partial charge is 0.478 e. The second-order valence-electron chi connectivity index (χ2n) is 9.54. The molecule has 0 saturated carbocycles. The molecule has 2 amide bonds. The van der Waals surface area contributed by atoms with Crippen LogP contribution in [0.4, 0.5) is 23.0 Å². The topological polar surface area (TPSA) is 226 Å². The number of carbonyl (C=O) groups excluding carboxylic acids is 3. The van der Waals surface area contributed by atoms with Crippen molar-refractivity contribution in [2.75, 3.05) is 29.2 Å². The number of hydrogen-bond donors (Lipinski definition) is 5. The van der Waals surface area contributed by atoms with E-state index in [0.29, 0.717) is 43.4 Å². The minimum atomic E-state index is -1.09. The number of furan rings is 2. The van der Waals surface area contributed by atoms with Gasteiger partial charge in [-0.2, -0.15) is 0 Å². The Kier molecular flexibility index (Phi) is 9.26. The molecule has 0 fully saturated rings. The van der Waals surface area contributed by atoms with Gasteiger partial charge in [0.1, 0.15) is 22.8 Å². The third-order valence-electron chi connectivity index (χ3n) is 6.47. The van der Waals surface area contributed by atoms with Crippen LogP contribution in [0.3, 0.4) is 0 Å². The van der Waals surface area contributed by atoms with Gasteiger partial charge < -0.3 is 40.8 Å². The third-order valence-corrected chi connectivity index (χ3v) is 6.92. The van der Waals surface area contributed by atoms with Crippen LogP contribution in [0.25, 0.3) is 21.9 Å². The molecule has 16 heteroatoms. The summed E-state index contributed by atoms with van der Waals surface area (Å²) < 4.78 is 15.5. The summed E-state index contributed by atoms with van der Waals surface area (Å²) in [5, 5.41) is 15.8. The van der Waals surface area contributed by atoms with Crippen LogP contribution >= 0.6 is 23.2 Å². The number of anilines is 4. The number of amides is 2. The molecule has 4 aromatic heterocycles. The number of hydrogen-bond acceptors (Lipinski definition) is 11. The van der Waals surface area contributed by atoms with Crippen molar-refractivity contribution in [1.29, 1.82) is 0 Å². The van der Waals surface area contributed by atoms with E-state index in [0.717, 1.165) is 0 Å². The lowest BCUT2D eigenvalue weighted by atomic mass is 10.1. The van der Waals surface area contributed by atoms with Crippen LogP contribution in [0.5, 0.6) is 0 Å². The molecule has 0 saturated heterocycles. The van der Waals surface area contributed by atoms with Crippen LogP contribution in [-0.4, -0.2) is 45.9 Å². The Balaban J connectivity index is 0.000000185. The fourth-order valence-electron chi connectivity index (χ4n) is 4.19. The molecule has 47 heavy (non-hydrogen) atoms. The first kappa shape index (κ1) is 32.3. The number of rotatable bonds is 6. The summed E-state index contributed by atoms with van der Waals surface area (Å²) in [6.45, 7) is 0. The van der Waals surface area contributed by atoms with Gasteiger partial charge in [-0.25, -0.2) is 19.6 Å². The Morgan fingerprint density at radius 1 is 0.723 bits per heavy atom. The van der Waals surface area contributed by atoms with Crippen molar-refractivity contribution in [2.45, 2.75) is 0 Å². The van der Waals surface area contributed by atoms with Gasteiger partial charge in [-0.3, -0.25) is 9.59 Å². The van der Waals surface area contributed by atoms with Crippen molar-refractivity contribution in [1.82, 2.24) is 9.97 Å². The maximum absolute atomic E-state index is 12.3. The third kappa shape index (κ3) is 7.08. The van der Waals surface area contributed by atoms with E-state index < -0.39 is 23.8 Å². The SMILES string of the molecule is COC(=O)c1ccc2oc(C(=O)Nc3ccc(Cl)cn3)c(N)c2c1.Nc1c(C(=O)Nc2ccc(Cl)cn2)oc2ccc(C(=O)O)cc12. The Labute approximate surface area is 274 Å². The lowest BCUT2D eigenvalue weighted by Crippen LogP contribution is -2.13. The van der Waals surface area contributed by atoms with Crippen LogP contribution in [-0.2, 0) is 4.74 Å². The van der Waals surface area contributed by atoms with Crippen LogP contribution in [0.2, 0.25) is 10.0 Å². The van der Waals surface area contributed by atoms with E-state index in [4.69, 9.17) is 48.6 Å². The molecular formula is C31H22Cl2N6O8. The summed E-state index contributed by atoms with van der Waals surface area (Å²) in [6.07, 6.45) is 2.79. The number of pyridine rings is 2. The number of benzene rings is 2. The summed E-state index contributed by atoms with van der Waals surface area (Å²) >= 11 is 11.5. The van der Waals surface area contributed by atoms with Crippen LogP contribution in [0.15, 0.2) is 81.9 Å². The van der Waals surface area contributed by atoms with E-state index in [-0.39, 0.29) is 34.3 Å². The van der Waals surface area contributed by atoms with Crippen molar-refractivity contribution in [3.05, 3.63) is 106 Å². The molecule has 6 rings (SSSR count). The van der Waals surface area contributed by atoms with Gasteiger partial charge in [-0.1, -0.05) is 23.2 Å². The molecule has 0 aliphatic heterocycles. The average Bonchev–Trinajstić information content (AvgIpc) is 3.58. The predicted octanol–water partition coefficient (Wildman–Crippen LogP) is 6.12. The number of nitrogens with zero attached hydrogens (tertiary/aromatic N) is 2. The second-order valence-corrected chi connectivity index (χ2v) is 10.4. The number of carbonyl (C=O) groups is 4. The van der Waals surface area contributed by atoms with Crippen molar-refractivity contribution < 1.29 is 37.9 Å².